The van der Waals surface area contributed by atoms with Crippen LogP contribution in [0.25, 0.3) is 0 Å². The van der Waals surface area contributed by atoms with E-state index in [4.69, 9.17) is 5.26 Å². The van der Waals surface area contributed by atoms with Gasteiger partial charge in [-0.3, -0.25) is 0 Å². The van der Waals surface area contributed by atoms with Crippen LogP contribution in [0.4, 0.5) is 0 Å². The average molecular weight is 263 g/mol. The number of hydrogen-bond acceptors (Lipinski definition) is 3. The van der Waals surface area contributed by atoms with E-state index >= 15 is 0 Å². The summed E-state index contributed by atoms with van der Waals surface area (Å²) in [6.45, 7) is 4.12. The zero-order chi connectivity index (χ0) is 13.4. The van der Waals surface area contributed by atoms with Crippen LogP contribution in [-0.2, 0) is 9.84 Å². The van der Waals surface area contributed by atoms with Crippen LogP contribution in [0.3, 0.4) is 0 Å². The van der Waals surface area contributed by atoms with Gasteiger partial charge in [0, 0.05) is 0 Å². The molecule has 0 unspecified atom stereocenters. The summed E-state index contributed by atoms with van der Waals surface area (Å²) < 4.78 is 23.7. The minimum Gasteiger partial charge on any atom is -0.222 e. The second kappa shape index (κ2) is 4.40. The van der Waals surface area contributed by atoms with Crippen LogP contribution in [-0.4, -0.2) is 13.2 Å². The maximum Gasteiger partial charge on any atom is 0.197 e. The lowest BCUT2D eigenvalue weighted by Crippen LogP contribution is -2.43. The lowest BCUT2D eigenvalue weighted by molar-refractivity contribution is 0.406. The lowest BCUT2D eigenvalue weighted by atomic mass is 9.86. The van der Waals surface area contributed by atoms with Crippen LogP contribution in [0.1, 0.15) is 44.6 Å². The molecule has 1 aromatic rings. The number of sulfone groups is 1. The molecule has 1 aliphatic rings. The van der Waals surface area contributed by atoms with E-state index in [1.54, 1.807) is 12.1 Å². The molecule has 0 heterocycles. The van der Waals surface area contributed by atoms with Gasteiger partial charge in [0.25, 0.3) is 0 Å². The van der Waals surface area contributed by atoms with Crippen LogP contribution in [0.2, 0.25) is 0 Å². The summed E-state index contributed by atoms with van der Waals surface area (Å²) in [7, 11) is -3.52. The van der Waals surface area contributed by atoms with Gasteiger partial charge in [0.05, 0.1) is 11.0 Å². The fraction of sp³-hybridized carbons (Fsp3) is 0.500. The third kappa shape index (κ3) is 1.83. The maximum atomic E-state index is 12.4. The summed E-state index contributed by atoms with van der Waals surface area (Å²) in [4.78, 5) is 0.271. The highest BCUT2D eigenvalue weighted by Crippen LogP contribution is 2.42. The molecular formula is C14H17NO2S. The Labute approximate surface area is 108 Å². The third-order valence-electron chi connectivity index (χ3n) is 3.74. The van der Waals surface area contributed by atoms with E-state index in [0.29, 0.717) is 18.8 Å². The van der Waals surface area contributed by atoms with Crippen LogP contribution in [0.5, 0.6) is 0 Å². The van der Waals surface area contributed by atoms with Crippen molar-refractivity contribution in [2.75, 3.05) is 0 Å². The topological polar surface area (TPSA) is 57.9 Å². The average Bonchev–Trinajstić information content (AvgIpc) is 2.28. The van der Waals surface area contributed by atoms with E-state index in [1.807, 2.05) is 18.2 Å². The van der Waals surface area contributed by atoms with Gasteiger partial charge in [0.2, 0.25) is 0 Å². The lowest BCUT2D eigenvalue weighted by Gasteiger charge is -2.34. The van der Waals surface area contributed by atoms with E-state index in [-0.39, 0.29) is 4.90 Å². The third-order valence-corrected chi connectivity index (χ3v) is 6.16. The number of benzene rings is 1. The molecule has 18 heavy (non-hydrogen) atoms. The Morgan fingerprint density at radius 1 is 1.22 bits per heavy atom. The summed E-state index contributed by atoms with van der Waals surface area (Å²) in [6, 6.07) is 8.93. The smallest absolute Gasteiger partial charge is 0.197 e. The Balaban J connectivity index is 2.40. The Bertz CT molecular complexity index is 575. The van der Waals surface area contributed by atoms with Gasteiger partial charge in [0.15, 0.2) is 14.6 Å². The van der Waals surface area contributed by atoms with E-state index in [9.17, 15) is 8.42 Å². The Morgan fingerprint density at radius 3 is 2.11 bits per heavy atom. The monoisotopic (exact) mass is 263 g/mol. The fourth-order valence-electron chi connectivity index (χ4n) is 2.20. The summed E-state index contributed by atoms with van der Waals surface area (Å²) in [5.41, 5.74) is 1.11. The van der Waals surface area contributed by atoms with Gasteiger partial charge < -0.3 is 0 Å². The largest absolute Gasteiger partial charge is 0.222 e. The van der Waals surface area contributed by atoms with Gasteiger partial charge >= 0.3 is 0 Å². The first-order chi connectivity index (χ1) is 8.43. The van der Waals surface area contributed by atoms with Gasteiger partial charge in [-0.2, -0.15) is 5.26 Å². The molecule has 0 aromatic heterocycles. The number of rotatable bonds is 3. The second-order valence-corrected chi connectivity index (χ2v) is 7.45. The Hall–Kier alpha value is -1.34. The minimum atomic E-state index is -3.52. The first kappa shape index (κ1) is 13.1. The molecule has 0 atom stereocenters. The van der Waals surface area contributed by atoms with Crippen molar-refractivity contribution >= 4 is 9.84 Å². The predicted octanol–water partition coefficient (Wildman–Crippen LogP) is 3.03. The second-order valence-electron chi connectivity index (χ2n) is 5.19. The van der Waals surface area contributed by atoms with Crippen molar-refractivity contribution in [3.8, 4) is 6.07 Å². The Kier molecular flexibility index (Phi) is 3.20. The van der Waals surface area contributed by atoms with Gasteiger partial charge in [0.1, 0.15) is 0 Å². The van der Waals surface area contributed by atoms with Crippen LogP contribution in [0, 0.1) is 11.3 Å². The van der Waals surface area contributed by atoms with Crippen molar-refractivity contribution in [1.82, 2.24) is 0 Å². The Morgan fingerprint density at radius 2 is 1.78 bits per heavy atom. The highest BCUT2D eigenvalue weighted by atomic mass is 32.2. The van der Waals surface area contributed by atoms with E-state index in [1.165, 1.54) is 0 Å². The first-order valence-electron chi connectivity index (χ1n) is 6.19. The quantitative estimate of drug-likeness (QED) is 0.842. The van der Waals surface area contributed by atoms with Crippen molar-refractivity contribution in [2.24, 2.45) is 0 Å². The van der Waals surface area contributed by atoms with Crippen LogP contribution >= 0.6 is 0 Å². The van der Waals surface area contributed by atoms with Gasteiger partial charge in [-0.05, 0) is 42.9 Å². The molecule has 0 radical (unpaired) electrons. The maximum absolute atomic E-state index is 12.4. The van der Waals surface area contributed by atoms with Crippen molar-refractivity contribution in [2.45, 2.75) is 48.7 Å². The molecule has 0 bridgehead atoms. The molecule has 0 saturated heterocycles. The molecule has 0 N–H and O–H groups in total. The molecule has 1 aliphatic carbocycles. The molecule has 1 aromatic carbocycles. The van der Waals surface area contributed by atoms with Crippen molar-refractivity contribution in [3.63, 3.8) is 0 Å². The SMILES string of the molecule is CC(C)c1ccc(S(=O)(=O)C2(C#N)CCC2)cc1. The first-order valence-corrected chi connectivity index (χ1v) is 7.67. The molecule has 2 rings (SSSR count). The zero-order valence-electron chi connectivity index (χ0n) is 10.7. The molecule has 3 nitrogen and oxygen atoms in total. The van der Waals surface area contributed by atoms with Gasteiger partial charge in [-0.15, -0.1) is 0 Å². The summed E-state index contributed by atoms with van der Waals surface area (Å²) in [5, 5.41) is 9.15. The standard InChI is InChI=1S/C14H17NO2S/c1-11(2)12-4-6-13(7-5-12)18(16,17)14(10-15)8-3-9-14/h4-7,11H,3,8-9H2,1-2H3. The molecule has 0 amide bonds. The molecular weight excluding hydrogens is 246 g/mol. The van der Waals surface area contributed by atoms with E-state index in [2.05, 4.69) is 13.8 Å². The molecule has 0 aliphatic heterocycles. The molecule has 0 spiro atoms. The number of nitrogens with zero attached hydrogens (tertiary/aromatic N) is 1. The van der Waals surface area contributed by atoms with E-state index in [0.717, 1.165) is 12.0 Å². The normalized spacial score (nSPS) is 18.1. The van der Waals surface area contributed by atoms with Gasteiger partial charge in [-0.1, -0.05) is 26.0 Å². The summed E-state index contributed by atoms with van der Waals surface area (Å²) in [5.74, 6) is 0.371. The molecule has 4 heteroatoms. The molecule has 96 valence electrons. The van der Waals surface area contributed by atoms with Crippen molar-refractivity contribution in [1.29, 1.82) is 5.26 Å². The van der Waals surface area contributed by atoms with Crippen LogP contribution in [0.15, 0.2) is 29.2 Å². The highest BCUT2D eigenvalue weighted by molar-refractivity contribution is 7.93. The zero-order valence-corrected chi connectivity index (χ0v) is 11.5. The predicted molar refractivity (Wildman–Crippen MR) is 69.9 cm³/mol. The summed E-state index contributed by atoms with van der Waals surface area (Å²) >= 11 is 0. The highest BCUT2D eigenvalue weighted by Gasteiger charge is 2.50. The number of nitriles is 1. The number of hydrogen-bond donors (Lipinski definition) is 0. The van der Waals surface area contributed by atoms with E-state index < -0.39 is 14.6 Å². The molecule has 1 fully saturated rings. The van der Waals surface area contributed by atoms with Crippen molar-refractivity contribution < 1.29 is 8.42 Å². The minimum absolute atomic E-state index is 0.271. The molecule has 1 saturated carbocycles. The van der Waals surface area contributed by atoms with Crippen LogP contribution < -0.4 is 0 Å². The fourth-order valence-corrected chi connectivity index (χ4v) is 4.09. The van der Waals surface area contributed by atoms with Gasteiger partial charge in [-0.25, -0.2) is 8.42 Å². The summed E-state index contributed by atoms with van der Waals surface area (Å²) in [6.07, 6.45) is 1.73. The van der Waals surface area contributed by atoms with Crippen molar-refractivity contribution in [3.05, 3.63) is 29.8 Å².